The Hall–Kier alpha value is -0.660. The maximum absolute atomic E-state index is 12.8. The molecule has 1 saturated carbocycles. The van der Waals surface area contributed by atoms with Gasteiger partial charge in [-0.3, -0.25) is 4.79 Å². The topological polar surface area (TPSA) is 72.9 Å². The first-order valence-electron chi connectivity index (χ1n) is 7.15. The molecular weight excluding hydrogens is 282 g/mol. The van der Waals surface area contributed by atoms with E-state index in [1.54, 1.807) is 0 Å². The van der Waals surface area contributed by atoms with Gasteiger partial charge in [0.05, 0.1) is 24.4 Å². The lowest BCUT2D eigenvalue weighted by Crippen LogP contribution is -2.44. The fraction of sp³-hybridized carbons (Fsp3) is 0.923. The third-order valence-corrected chi connectivity index (χ3v) is 6.49. The molecule has 0 aromatic carbocycles. The van der Waals surface area contributed by atoms with E-state index in [-0.39, 0.29) is 6.10 Å². The molecule has 0 amide bonds. The largest absolute Gasteiger partial charge is 0.469 e. The zero-order valence-corrected chi connectivity index (χ0v) is 12.9. The molecule has 3 atom stereocenters. The first kappa shape index (κ1) is 15.7. The molecule has 0 bridgehead atoms. The highest BCUT2D eigenvalue weighted by Gasteiger charge is 2.45. The van der Waals surface area contributed by atoms with E-state index in [0.717, 1.165) is 6.42 Å². The van der Waals surface area contributed by atoms with Gasteiger partial charge in [-0.2, -0.15) is 4.31 Å². The molecule has 0 aromatic rings. The smallest absolute Gasteiger partial charge is 0.310 e. The number of carbonyl (C=O) groups is 1. The first-order valence-corrected chi connectivity index (χ1v) is 8.65. The van der Waals surface area contributed by atoms with E-state index in [2.05, 4.69) is 0 Å². The molecule has 0 aromatic heterocycles. The van der Waals surface area contributed by atoms with Crippen LogP contribution in [0.5, 0.6) is 0 Å². The molecule has 20 heavy (non-hydrogen) atoms. The van der Waals surface area contributed by atoms with E-state index in [9.17, 15) is 13.2 Å². The lowest BCUT2D eigenvalue weighted by atomic mass is 10.1. The molecule has 1 saturated heterocycles. The second-order valence-corrected chi connectivity index (χ2v) is 7.69. The number of sulfonamides is 1. The van der Waals surface area contributed by atoms with Crippen molar-refractivity contribution in [3.63, 3.8) is 0 Å². The summed E-state index contributed by atoms with van der Waals surface area (Å²) < 4.78 is 37.3. The molecule has 3 unspecified atom stereocenters. The van der Waals surface area contributed by atoms with Crippen molar-refractivity contribution in [2.45, 2.75) is 44.0 Å². The van der Waals surface area contributed by atoms with E-state index < -0.39 is 27.2 Å². The molecule has 0 radical (unpaired) electrons. The average Bonchev–Trinajstić information content (AvgIpc) is 2.81. The van der Waals surface area contributed by atoms with Crippen molar-refractivity contribution >= 4 is 16.0 Å². The number of rotatable bonds is 3. The minimum absolute atomic E-state index is 0.106. The zero-order chi connectivity index (χ0) is 14.8. The SMILES string of the molecule is COC(=O)C1CCCC1S(=O)(=O)N1CCCOC(C)C1. The maximum Gasteiger partial charge on any atom is 0.310 e. The molecule has 7 heteroatoms. The minimum Gasteiger partial charge on any atom is -0.469 e. The van der Waals surface area contributed by atoms with Crippen LogP contribution in [-0.4, -0.2) is 56.9 Å². The monoisotopic (exact) mass is 305 g/mol. The van der Waals surface area contributed by atoms with E-state index in [4.69, 9.17) is 9.47 Å². The molecule has 1 aliphatic heterocycles. The summed E-state index contributed by atoms with van der Waals surface area (Å²) in [5.41, 5.74) is 0. The second kappa shape index (κ2) is 6.41. The lowest BCUT2D eigenvalue weighted by molar-refractivity contribution is -0.145. The number of methoxy groups -OCH3 is 1. The number of hydrogen-bond donors (Lipinski definition) is 0. The minimum atomic E-state index is -3.47. The molecule has 1 heterocycles. The normalized spacial score (nSPS) is 32.8. The maximum atomic E-state index is 12.8. The summed E-state index contributed by atoms with van der Waals surface area (Å²) in [5, 5.41) is -0.639. The molecule has 2 fully saturated rings. The highest BCUT2D eigenvalue weighted by Crippen LogP contribution is 2.34. The van der Waals surface area contributed by atoms with Crippen LogP contribution in [-0.2, 0) is 24.3 Å². The molecule has 2 rings (SSSR count). The van der Waals surface area contributed by atoms with E-state index in [0.29, 0.717) is 39.0 Å². The number of ether oxygens (including phenoxy) is 2. The number of esters is 1. The van der Waals surface area contributed by atoms with Crippen LogP contribution < -0.4 is 0 Å². The number of hydrogen-bond acceptors (Lipinski definition) is 5. The standard InChI is InChI=1S/C13H23NO5S/c1-10-9-14(7-4-8-19-10)20(16,17)12-6-3-5-11(12)13(15)18-2/h10-12H,3-9H2,1-2H3. The van der Waals surface area contributed by atoms with Crippen molar-refractivity contribution in [1.29, 1.82) is 0 Å². The summed E-state index contributed by atoms with van der Waals surface area (Å²) in [5.74, 6) is -0.931. The Kier molecular flexibility index (Phi) is 5.04. The Balaban J connectivity index is 2.18. The fourth-order valence-corrected chi connectivity index (χ4v) is 5.39. The highest BCUT2D eigenvalue weighted by molar-refractivity contribution is 7.89. The highest BCUT2D eigenvalue weighted by atomic mass is 32.2. The van der Waals surface area contributed by atoms with E-state index >= 15 is 0 Å². The summed E-state index contributed by atoms with van der Waals surface area (Å²) in [6.45, 7) is 3.29. The van der Waals surface area contributed by atoms with Crippen LogP contribution in [0.2, 0.25) is 0 Å². The van der Waals surface area contributed by atoms with Crippen LogP contribution in [0, 0.1) is 5.92 Å². The summed E-state index contributed by atoms with van der Waals surface area (Å²) in [7, 11) is -2.16. The van der Waals surface area contributed by atoms with Gasteiger partial charge in [0.25, 0.3) is 0 Å². The van der Waals surface area contributed by atoms with Crippen molar-refractivity contribution in [1.82, 2.24) is 4.31 Å². The molecule has 6 nitrogen and oxygen atoms in total. The molecule has 1 aliphatic carbocycles. The van der Waals surface area contributed by atoms with E-state index in [1.807, 2.05) is 6.92 Å². The van der Waals surface area contributed by atoms with Gasteiger partial charge >= 0.3 is 5.97 Å². The van der Waals surface area contributed by atoms with Gasteiger partial charge in [0.1, 0.15) is 0 Å². The molecule has 2 aliphatic rings. The average molecular weight is 305 g/mol. The Morgan fingerprint density at radius 1 is 1.30 bits per heavy atom. The predicted octanol–water partition coefficient (Wildman–Crippen LogP) is 0.769. The Morgan fingerprint density at radius 3 is 2.75 bits per heavy atom. The van der Waals surface area contributed by atoms with Gasteiger partial charge in [-0.15, -0.1) is 0 Å². The van der Waals surface area contributed by atoms with Crippen LogP contribution in [0.4, 0.5) is 0 Å². The molecule has 0 spiro atoms. The summed E-state index contributed by atoms with van der Waals surface area (Å²) in [6, 6.07) is 0. The zero-order valence-electron chi connectivity index (χ0n) is 12.1. The van der Waals surface area contributed by atoms with Crippen molar-refractivity contribution in [2.75, 3.05) is 26.8 Å². The van der Waals surface area contributed by atoms with Crippen molar-refractivity contribution < 1.29 is 22.7 Å². The Labute approximate surface area is 120 Å². The second-order valence-electron chi connectivity index (χ2n) is 5.54. The van der Waals surface area contributed by atoms with Crippen molar-refractivity contribution in [3.8, 4) is 0 Å². The molecule has 116 valence electrons. The van der Waals surface area contributed by atoms with Gasteiger partial charge < -0.3 is 9.47 Å². The summed E-state index contributed by atoms with van der Waals surface area (Å²) in [4.78, 5) is 11.8. The third-order valence-electron chi connectivity index (χ3n) is 4.11. The van der Waals surface area contributed by atoms with Crippen LogP contribution in [0.15, 0.2) is 0 Å². The van der Waals surface area contributed by atoms with Gasteiger partial charge in [0, 0.05) is 19.7 Å². The van der Waals surface area contributed by atoms with Gasteiger partial charge in [-0.1, -0.05) is 6.42 Å². The van der Waals surface area contributed by atoms with E-state index in [1.165, 1.54) is 11.4 Å². The Morgan fingerprint density at radius 2 is 2.05 bits per heavy atom. The fourth-order valence-electron chi connectivity index (χ4n) is 3.08. The van der Waals surface area contributed by atoms with Crippen LogP contribution in [0.25, 0.3) is 0 Å². The Bertz CT molecular complexity index is 450. The molecule has 0 N–H and O–H groups in total. The van der Waals surface area contributed by atoms with Gasteiger partial charge in [0.2, 0.25) is 10.0 Å². The quantitative estimate of drug-likeness (QED) is 0.720. The van der Waals surface area contributed by atoms with Gasteiger partial charge in [-0.25, -0.2) is 8.42 Å². The third kappa shape index (κ3) is 3.15. The van der Waals surface area contributed by atoms with Gasteiger partial charge in [-0.05, 0) is 26.2 Å². The molecular formula is C13H23NO5S. The van der Waals surface area contributed by atoms with Crippen molar-refractivity contribution in [3.05, 3.63) is 0 Å². The van der Waals surface area contributed by atoms with Crippen LogP contribution in [0.1, 0.15) is 32.6 Å². The number of carbonyl (C=O) groups excluding carboxylic acids is 1. The summed E-state index contributed by atoms with van der Waals surface area (Å²) >= 11 is 0. The van der Waals surface area contributed by atoms with Crippen LogP contribution in [0.3, 0.4) is 0 Å². The van der Waals surface area contributed by atoms with Crippen molar-refractivity contribution in [2.24, 2.45) is 5.92 Å². The first-order chi connectivity index (χ1) is 9.46. The number of nitrogens with zero attached hydrogens (tertiary/aromatic N) is 1. The predicted molar refractivity (Wildman–Crippen MR) is 73.7 cm³/mol. The summed E-state index contributed by atoms with van der Waals surface area (Å²) in [6.07, 6.45) is 2.47. The lowest BCUT2D eigenvalue weighted by Gasteiger charge is -2.27. The van der Waals surface area contributed by atoms with Gasteiger partial charge in [0.15, 0.2) is 0 Å². The van der Waals surface area contributed by atoms with Crippen LogP contribution >= 0.6 is 0 Å².